The van der Waals surface area contributed by atoms with Gasteiger partial charge in [-0.05, 0) is 30.2 Å². The zero-order chi connectivity index (χ0) is 14.9. The lowest BCUT2D eigenvalue weighted by Crippen LogP contribution is -2.00. The average Bonchev–Trinajstić information content (AvgIpc) is 2.66. The normalized spacial score (nSPS) is 11.1. The van der Waals surface area contributed by atoms with Crippen LogP contribution in [0.15, 0.2) is 24.3 Å². The largest absolute Gasteiger partial charge is 0.329 e. The number of nitro groups is 1. The Bertz CT molecular complexity index is 636. The van der Waals surface area contributed by atoms with Crippen molar-refractivity contribution in [1.82, 2.24) is 9.78 Å². The van der Waals surface area contributed by atoms with Crippen molar-refractivity contribution in [3.8, 4) is 5.69 Å². The van der Waals surface area contributed by atoms with Crippen LogP contribution in [-0.4, -0.2) is 14.7 Å². The van der Waals surface area contributed by atoms with E-state index in [0.29, 0.717) is 22.8 Å². The van der Waals surface area contributed by atoms with Crippen LogP contribution in [0.2, 0.25) is 10.2 Å². The van der Waals surface area contributed by atoms with E-state index in [-0.39, 0.29) is 16.8 Å². The van der Waals surface area contributed by atoms with Crippen molar-refractivity contribution in [3.63, 3.8) is 0 Å². The van der Waals surface area contributed by atoms with Crippen LogP contribution in [0.3, 0.4) is 0 Å². The maximum absolute atomic E-state index is 11.2. The zero-order valence-electron chi connectivity index (χ0n) is 11.0. The van der Waals surface area contributed by atoms with Crippen molar-refractivity contribution < 1.29 is 4.92 Å². The number of aromatic nitrogens is 2. The third-order valence-corrected chi connectivity index (χ3v) is 3.32. The molecule has 2 rings (SSSR count). The second kappa shape index (κ2) is 5.81. The first kappa shape index (κ1) is 14.8. The monoisotopic (exact) mass is 313 g/mol. The molecule has 0 bridgehead atoms. The summed E-state index contributed by atoms with van der Waals surface area (Å²) in [7, 11) is 0. The topological polar surface area (TPSA) is 61.0 Å². The molecule has 0 amide bonds. The van der Waals surface area contributed by atoms with Crippen LogP contribution in [0.1, 0.15) is 19.5 Å². The first-order chi connectivity index (χ1) is 9.40. The van der Waals surface area contributed by atoms with E-state index in [4.69, 9.17) is 23.2 Å². The Labute approximate surface area is 126 Å². The van der Waals surface area contributed by atoms with Crippen LogP contribution in [0, 0.1) is 16.0 Å². The van der Waals surface area contributed by atoms with Gasteiger partial charge in [-0.3, -0.25) is 10.1 Å². The minimum absolute atomic E-state index is 0.00738. The molecule has 0 unspecified atom stereocenters. The maximum Gasteiger partial charge on any atom is 0.329 e. The highest BCUT2D eigenvalue weighted by Gasteiger charge is 2.27. The summed E-state index contributed by atoms with van der Waals surface area (Å²) in [6.45, 7) is 3.94. The quantitative estimate of drug-likeness (QED) is 0.625. The molecule has 7 heteroatoms. The van der Waals surface area contributed by atoms with E-state index < -0.39 is 4.92 Å². The fourth-order valence-corrected chi connectivity index (χ4v) is 2.33. The number of nitrogens with zero attached hydrogens (tertiary/aromatic N) is 3. The number of rotatable bonds is 4. The first-order valence-electron chi connectivity index (χ1n) is 6.08. The number of halogens is 2. The first-order valence-corrected chi connectivity index (χ1v) is 6.83. The predicted octanol–water partition coefficient (Wildman–Crippen LogP) is 4.29. The highest BCUT2D eigenvalue weighted by atomic mass is 35.5. The minimum atomic E-state index is -0.487. The van der Waals surface area contributed by atoms with Gasteiger partial charge in [0.1, 0.15) is 5.69 Å². The fourth-order valence-electron chi connectivity index (χ4n) is 1.89. The van der Waals surface area contributed by atoms with Crippen molar-refractivity contribution in [2.45, 2.75) is 20.3 Å². The lowest BCUT2D eigenvalue weighted by molar-refractivity contribution is -0.385. The summed E-state index contributed by atoms with van der Waals surface area (Å²) in [4.78, 5) is 10.7. The van der Waals surface area contributed by atoms with Gasteiger partial charge in [-0.1, -0.05) is 37.0 Å². The molecule has 0 aliphatic heterocycles. The lowest BCUT2D eigenvalue weighted by Gasteiger charge is -2.02. The van der Waals surface area contributed by atoms with Crippen LogP contribution in [-0.2, 0) is 6.42 Å². The van der Waals surface area contributed by atoms with E-state index in [1.807, 2.05) is 13.8 Å². The van der Waals surface area contributed by atoms with Gasteiger partial charge in [-0.25, -0.2) is 4.68 Å². The van der Waals surface area contributed by atoms with Gasteiger partial charge in [0.2, 0.25) is 5.15 Å². The molecule has 0 atom stereocenters. The molecule has 1 heterocycles. The van der Waals surface area contributed by atoms with Crippen LogP contribution in [0.5, 0.6) is 0 Å². The van der Waals surface area contributed by atoms with Gasteiger partial charge >= 0.3 is 5.69 Å². The summed E-state index contributed by atoms with van der Waals surface area (Å²) >= 11 is 11.9. The van der Waals surface area contributed by atoms with Gasteiger partial charge in [0.25, 0.3) is 0 Å². The van der Waals surface area contributed by atoms with Gasteiger partial charge in [0.15, 0.2) is 0 Å². The predicted molar refractivity (Wildman–Crippen MR) is 78.8 cm³/mol. The minimum Gasteiger partial charge on any atom is -0.258 e. The second-order valence-corrected chi connectivity index (χ2v) is 5.62. The van der Waals surface area contributed by atoms with E-state index in [1.165, 1.54) is 4.68 Å². The molecular weight excluding hydrogens is 301 g/mol. The van der Waals surface area contributed by atoms with Crippen LogP contribution >= 0.6 is 23.2 Å². The number of hydrogen-bond donors (Lipinski definition) is 0. The Morgan fingerprint density at radius 3 is 2.40 bits per heavy atom. The molecule has 0 spiro atoms. The van der Waals surface area contributed by atoms with Gasteiger partial charge in [-0.15, -0.1) is 0 Å². The van der Waals surface area contributed by atoms with Crippen LogP contribution < -0.4 is 0 Å². The fraction of sp³-hybridized carbons (Fsp3) is 0.308. The molecular formula is C13H13Cl2N3O2. The van der Waals surface area contributed by atoms with Gasteiger partial charge in [-0.2, -0.15) is 5.10 Å². The molecule has 0 fully saturated rings. The van der Waals surface area contributed by atoms with Crippen molar-refractivity contribution in [2.24, 2.45) is 5.92 Å². The molecule has 0 aliphatic rings. The molecule has 106 valence electrons. The van der Waals surface area contributed by atoms with Crippen molar-refractivity contribution >= 4 is 28.9 Å². The molecule has 0 N–H and O–H groups in total. The van der Waals surface area contributed by atoms with E-state index in [2.05, 4.69) is 5.10 Å². The second-order valence-electron chi connectivity index (χ2n) is 4.83. The third kappa shape index (κ3) is 2.94. The van der Waals surface area contributed by atoms with Gasteiger partial charge in [0.05, 0.1) is 10.6 Å². The van der Waals surface area contributed by atoms with Crippen LogP contribution in [0.4, 0.5) is 5.69 Å². The van der Waals surface area contributed by atoms with E-state index in [1.54, 1.807) is 24.3 Å². The van der Waals surface area contributed by atoms with Crippen LogP contribution in [0.25, 0.3) is 5.69 Å². The Kier molecular flexibility index (Phi) is 4.30. The smallest absolute Gasteiger partial charge is 0.258 e. The summed E-state index contributed by atoms with van der Waals surface area (Å²) in [6, 6.07) is 6.79. The molecule has 1 aromatic carbocycles. The van der Waals surface area contributed by atoms with Crippen molar-refractivity contribution in [1.29, 1.82) is 0 Å². The van der Waals surface area contributed by atoms with Gasteiger partial charge in [0, 0.05) is 11.4 Å². The molecule has 0 aliphatic carbocycles. The summed E-state index contributed by atoms with van der Waals surface area (Å²) in [5.41, 5.74) is 0.901. The van der Waals surface area contributed by atoms with Crippen molar-refractivity contribution in [2.75, 3.05) is 0 Å². The molecule has 0 saturated heterocycles. The van der Waals surface area contributed by atoms with E-state index in [9.17, 15) is 10.1 Å². The highest BCUT2D eigenvalue weighted by molar-refractivity contribution is 6.32. The summed E-state index contributed by atoms with van der Waals surface area (Å²) < 4.78 is 1.37. The van der Waals surface area contributed by atoms with E-state index >= 15 is 0 Å². The number of benzene rings is 1. The molecule has 0 radical (unpaired) electrons. The standard InChI is InChI=1S/C13H13Cl2N3O2/c1-8(2)7-11-12(18(19)20)13(15)17(16-11)10-5-3-9(14)4-6-10/h3-6,8H,7H2,1-2H3. The molecule has 2 aromatic rings. The summed E-state index contributed by atoms with van der Waals surface area (Å²) in [6.07, 6.45) is 0.497. The zero-order valence-corrected chi connectivity index (χ0v) is 12.5. The average molecular weight is 314 g/mol. The number of hydrogen-bond acceptors (Lipinski definition) is 3. The Balaban J connectivity index is 2.54. The lowest BCUT2D eigenvalue weighted by atomic mass is 10.1. The Morgan fingerprint density at radius 2 is 1.90 bits per heavy atom. The Morgan fingerprint density at radius 1 is 1.30 bits per heavy atom. The molecule has 1 aromatic heterocycles. The molecule has 5 nitrogen and oxygen atoms in total. The molecule has 0 saturated carbocycles. The summed E-state index contributed by atoms with van der Waals surface area (Å²) in [5.74, 6) is 0.248. The van der Waals surface area contributed by atoms with Crippen molar-refractivity contribution in [3.05, 3.63) is 50.2 Å². The SMILES string of the molecule is CC(C)Cc1nn(-c2ccc(Cl)cc2)c(Cl)c1[N+](=O)[O-]. The highest BCUT2D eigenvalue weighted by Crippen LogP contribution is 2.32. The summed E-state index contributed by atoms with van der Waals surface area (Å²) in [5, 5.41) is 16.0. The third-order valence-electron chi connectivity index (χ3n) is 2.73. The Hall–Kier alpha value is -1.59. The van der Waals surface area contributed by atoms with Gasteiger partial charge < -0.3 is 0 Å². The molecule has 20 heavy (non-hydrogen) atoms. The maximum atomic E-state index is 11.2. The van der Waals surface area contributed by atoms with E-state index in [0.717, 1.165) is 0 Å².